The number of carbonyl (C=O) groups excluding carboxylic acids is 2. The van der Waals surface area contributed by atoms with Gasteiger partial charge in [-0.1, -0.05) is 18.2 Å². The number of nitrogens with zero attached hydrogens (tertiary/aromatic N) is 2. The van der Waals surface area contributed by atoms with Crippen molar-refractivity contribution in [3.05, 3.63) is 29.8 Å². The van der Waals surface area contributed by atoms with Crippen molar-refractivity contribution in [2.75, 3.05) is 25.0 Å². The molecule has 0 bridgehead atoms. The maximum Gasteiger partial charge on any atom is 0.322 e. The predicted octanol–water partition coefficient (Wildman–Crippen LogP) is 1.02. The number of amides is 3. The van der Waals surface area contributed by atoms with E-state index < -0.39 is 6.61 Å². The summed E-state index contributed by atoms with van der Waals surface area (Å²) >= 11 is 0. The van der Waals surface area contributed by atoms with Gasteiger partial charge in [0, 0.05) is 31.4 Å². The van der Waals surface area contributed by atoms with Gasteiger partial charge in [0.1, 0.15) is 6.61 Å². The number of fused-ring (bicyclic) bond motifs is 1. The zero-order chi connectivity index (χ0) is 14.8. The quantitative estimate of drug-likeness (QED) is 0.853. The molecule has 0 unspecified atom stereocenters. The van der Waals surface area contributed by atoms with Gasteiger partial charge in [0.2, 0.25) is 5.91 Å². The van der Waals surface area contributed by atoms with Crippen molar-refractivity contribution < 1.29 is 14.7 Å². The Hall–Kier alpha value is -2.08. The van der Waals surface area contributed by atoms with Gasteiger partial charge in [0.05, 0.1) is 0 Å². The molecule has 2 heterocycles. The molecule has 2 aliphatic rings. The molecule has 1 aromatic carbocycles. The number of aliphatic hydroxyl groups is 1. The lowest BCUT2D eigenvalue weighted by Crippen LogP contribution is -2.51. The van der Waals surface area contributed by atoms with Crippen LogP contribution in [0.15, 0.2) is 24.3 Å². The lowest BCUT2D eigenvalue weighted by molar-refractivity contribution is -0.135. The minimum absolute atomic E-state index is 0.0689. The van der Waals surface area contributed by atoms with Gasteiger partial charge in [0.15, 0.2) is 0 Å². The maximum absolute atomic E-state index is 12.2. The Morgan fingerprint density at radius 2 is 2.00 bits per heavy atom. The van der Waals surface area contributed by atoms with E-state index in [9.17, 15) is 9.59 Å². The van der Waals surface area contributed by atoms with E-state index >= 15 is 0 Å². The van der Waals surface area contributed by atoms with Gasteiger partial charge in [-0.05, 0) is 24.5 Å². The van der Waals surface area contributed by atoms with Crippen LogP contribution in [-0.4, -0.2) is 52.6 Å². The van der Waals surface area contributed by atoms with E-state index in [4.69, 9.17) is 5.11 Å². The van der Waals surface area contributed by atoms with E-state index in [1.165, 1.54) is 0 Å². The molecule has 6 nitrogen and oxygen atoms in total. The smallest absolute Gasteiger partial charge is 0.322 e. The first-order valence-corrected chi connectivity index (χ1v) is 7.23. The molecule has 0 atom stereocenters. The Bertz CT molecular complexity index is 553. The fourth-order valence-electron chi connectivity index (χ4n) is 3.04. The molecule has 0 spiro atoms. The van der Waals surface area contributed by atoms with Crippen LogP contribution in [0.3, 0.4) is 0 Å². The Kier molecular flexibility index (Phi) is 3.79. The molecule has 2 N–H and O–H groups in total. The molecule has 3 rings (SSSR count). The van der Waals surface area contributed by atoms with Crippen LogP contribution in [0.5, 0.6) is 0 Å². The SMILES string of the molecule is O=C(CO)N1CCC(N2Cc3ccccc3NC2=O)CC1. The Balaban J connectivity index is 1.66. The molecule has 0 radical (unpaired) electrons. The second-order valence-electron chi connectivity index (χ2n) is 5.49. The number of likely N-dealkylation sites (tertiary alicyclic amines) is 1. The van der Waals surface area contributed by atoms with Gasteiger partial charge < -0.3 is 20.2 Å². The summed E-state index contributed by atoms with van der Waals surface area (Å²) in [7, 11) is 0. The van der Waals surface area contributed by atoms with E-state index in [0.717, 1.165) is 24.1 Å². The van der Waals surface area contributed by atoms with Gasteiger partial charge in [-0.15, -0.1) is 0 Å². The zero-order valence-electron chi connectivity index (χ0n) is 11.8. The monoisotopic (exact) mass is 289 g/mol. The lowest BCUT2D eigenvalue weighted by atomic mass is 10.0. The fraction of sp³-hybridized carbons (Fsp3) is 0.467. The summed E-state index contributed by atoms with van der Waals surface area (Å²) in [4.78, 5) is 27.2. The highest BCUT2D eigenvalue weighted by atomic mass is 16.3. The average Bonchev–Trinajstić information content (AvgIpc) is 2.53. The second-order valence-corrected chi connectivity index (χ2v) is 5.49. The van der Waals surface area contributed by atoms with E-state index in [1.54, 1.807) is 4.90 Å². The van der Waals surface area contributed by atoms with Gasteiger partial charge in [-0.2, -0.15) is 0 Å². The Morgan fingerprint density at radius 1 is 1.29 bits per heavy atom. The zero-order valence-corrected chi connectivity index (χ0v) is 11.8. The van der Waals surface area contributed by atoms with Crippen molar-refractivity contribution in [1.29, 1.82) is 0 Å². The summed E-state index contributed by atoms with van der Waals surface area (Å²) in [5, 5.41) is 11.8. The number of piperidine rings is 1. The average molecular weight is 289 g/mol. The van der Waals surface area contributed by atoms with Crippen molar-refractivity contribution in [2.45, 2.75) is 25.4 Å². The van der Waals surface area contributed by atoms with Crippen LogP contribution in [0.1, 0.15) is 18.4 Å². The second kappa shape index (κ2) is 5.73. The first-order chi connectivity index (χ1) is 10.2. The number of hydrogen-bond acceptors (Lipinski definition) is 3. The van der Waals surface area contributed by atoms with E-state index in [0.29, 0.717) is 19.6 Å². The fourth-order valence-corrected chi connectivity index (χ4v) is 3.04. The number of carbonyl (C=O) groups is 2. The molecule has 112 valence electrons. The van der Waals surface area contributed by atoms with Gasteiger partial charge in [-0.3, -0.25) is 4.79 Å². The van der Waals surface area contributed by atoms with E-state index in [-0.39, 0.29) is 18.0 Å². The molecule has 1 fully saturated rings. The number of para-hydroxylation sites is 1. The van der Waals surface area contributed by atoms with Crippen molar-refractivity contribution in [3.63, 3.8) is 0 Å². The number of urea groups is 1. The first-order valence-electron chi connectivity index (χ1n) is 7.23. The molecule has 1 aromatic rings. The van der Waals surface area contributed by atoms with Crippen molar-refractivity contribution in [1.82, 2.24) is 9.80 Å². The van der Waals surface area contributed by atoms with Crippen LogP contribution in [0.2, 0.25) is 0 Å². The summed E-state index contributed by atoms with van der Waals surface area (Å²) < 4.78 is 0. The summed E-state index contributed by atoms with van der Waals surface area (Å²) in [6, 6.07) is 7.88. The molecule has 2 aliphatic heterocycles. The lowest BCUT2D eigenvalue weighted by Gasteiger charge is -2.40. The number of rotatable bonds is 2. The molecule has 0 aliphatic carbocycles. The molecular formula is C15H19N3O3. The largest absolute Gasteiger partial charge is 0.387 e. The third kappa shape index (κ3) is 2.71. The van der Waals surface area contributed by atoms with E-state index in [1.807, 2.05) is 29.2 Å². The molecule has 0 aromatic heterocycles. The minimum atomic E-state index is -0.442. The Labute approximate surface area is 123 Å². The number of aliphatic hydroxyl groups excluding tert-OH is 1. The normalized spacial score (nSPS) is 19.2. The third-order valence-electron chi connectivity index (χ3n) is 4.25. The number of nitrogens with one attached hydrogen (secondary N) is 1. The van der Waals surface area contributed by atoms with Gasteiger partial charge in [-0.25, -0.2) is 4.79 Å². The molecule has 21 heavy (non-hydrogen) atoms. The van der Waals surface area contributed by atoms with Crippen molar-refractivity contribution in [2.24, 2.45) is 0 Å². The summed E-state index contributed by atoms with van der Waals surface area (Å²) in [5.74, 6) is -0.234. The number of benzene rings is 1. The van der Waals surface area contributed by atoms with Gasteiger partial charge in [0.25, 0.3) is 0 Å². The molecule has 6 heteroatoms. The minimum Gasteiger partial charge on any atom is -0.387 e. The standard InChI is InChI=1S/C15H19N3O3/c19-10-14(20)17-7-5-12(6-8-17)18-9-11-3-1-2-4-13(11)16-15(18)21/h1-4,12,19H,5-10H2,(H,16,21). The third-order valence-corrected chi connectivity index (χ3v) is 4.25. The van der Waals surface area contributed by atoms with Gasteiger partial charge >= 0.3 is 6.03 Å². The highest BCUT2D eigenvalue weighted by Crippen LogP contribution is 2.27. The first kappa shape index (κ1) is 13.9. The topological polar surface area (TPSA) is 72.9 Å². The molecule has 0 saturated carbocycles. The van der Waals surface area contributed by atoms with Crippen LogP contribution in [0.25, 0.3) is 0 Å². The van der Waals surface area contributed by atoms with Crippen LogP contribution in [0, 0.1) is 0 Å². The predicted molar refractivity (Wildman–Crippen MR) is 77.7 cm³/mol. The van der Waals surface area contributed by atoms with Crippen molar-refractivity contribution in [3.8, 4) is 0 Å². The molecular weight excluding hydrogens is 270 g/mol. The molecule has 1 saturated heterocycles. The number of anilines is 1. The van der Waals surface area contributed by atoms with E-state index in [2.05, 4.69) is 5.32 Å². The molecule has 3 amide bonds. The van der Waals surface area contributed by atoms with Crippen LogP contribution in [-0.2, 0) is 11.3 Å². The maximum atomic E-state index is 12.2. The van der Waals surface area contributed by atoms with Crippen molar-refractivity contribution >= 4 is 17.6 Å². The highest BCUT2D eigenvalue weighted by Gasteiger charge is 2.32. The van der Waals surface area contributed by atoms with Crippen LogP contribution < -0.4 is 5.32 Å². The van der Waals surface area contributed by atoms with Crippen LogP contribution in [0.4, 0.5) is 10.5 Å². The summed E-state index contributed by atoms with van der Waals surface area (Å²) in [6.07, 6.45) is 1.50. The van der Waals surface area contributed by atoms with Crippen LogP contribution >= 0.6 is 0 Å². The number of hydrogen-bond donors (Lipinski definition) is 2. The Morgan fingerprint density at radius 3 is 2.71 bits per heavy atom. The summed E-state index contributed by atoms with van der Waals surface area (Å²) in [5.41, 5.74) is 2.00. The highest BCUT2D eigenvalue weighted by molar-refractivity contribution is 5.92. The summed E-state index contributed by atoms with van der Waals surface area (Å²) in [6.45, 7) is 1.35.